The number of imide groups is 2. The molecule has 3 N–H and O–H groups in total. The summed E-state index contributed by atoms with van der Waals surface area (Å²) in [6.45, 7) is 0. The highest BCUT2D eigenvalue weighted by atomic mass is 35.5. The van der Waals surface area contributed by atoms with Gasteiger partial charge in [0.05, 0.1) is 45.0 Å². The fourth-order valence-electron chi connectivity index (χ4n) is 9.12. The Morgan fingerprint density at radius 2 is 1.62 bits per heavy atom. The number of benzene rings is 3. The van der Waals surface area contributed by atoms with Gasteiger partial charge in [0, 0.05) is 22.7 Å². The van der Waals surface area contributed by atoms with Crippen molar-refractivity contribution in [2.45, 2.75) is 36.7 Å². The molecule has 12 nitrogen and oxygen atoms in total. The Balaban J connectivity index is 1.33. The molecule has 3 aromatic carbocycles. The standard InChI is InChI=1S/C40H26Cl2F6N4O8/c41-20-6-4-18(5-7-20)38-27(34(55)52(37(38)59)50-32-28(42)13-19(16-49-32)39(43,44)45)15-25-23(31(38)26-14-22(8-11-29(26)53)60-40(46,47)48)9-10-24-30(25)35(56)51(33(24)54)21-3-1-2-17(12-21)36(57)58/h1-9,11-14,16,24-25,27,30-31,53H,10,15H2,(H,49,50)(H,57,58). The molecule has 310 valence electrons. The maximum absolute atomic E-state index is 15.3. The van der Waals surface area contributed by atoms with E-state index in [0.29, 0.717) is 17.3 Å². The third kappa shape index (κ3) is 6.48. The molecule has 4 aromatic rings. The Morgan fingerprint density at radius 1 is 0.900 bits per heavy atom. The second-order valence-corrected chi connectivity index (χ2v) is 15.4. The van der Waals surface area contributed by atoms with Crippen LogP contribution in [0.5, 0.6) is 11.5 Å². The van der Waals surface area contributed by atoms with Crippen molar-refractivity contribution in [3.05, 3.63) is 123 Å². The first-order valence-electron chi connectivity index (χ1n) is 17.9. The quantitative estimate of drug-likeness (QED) is 0.0944. The Morgan fingerprint density at radius 3 is 2.27 bits per heavy atom. The molecule has 60 heavy (non-hydrogen) atoms. The van der Waals surface area contributed by atoms with Gasteiger partial charge in [0.2, 0.25) is 11.8 Å². The van der Waals surface area contributed by atoms with Gasteiger partial charge < -0.3 is 14.9 Å². The fraction of sp³-hybridized carbons (Fsp3) is 0.250. The lowest BCUT2D eigenvalue weighted by atomic mass is 9.49. The number of carbonyl (C=O) groups excluding carboxylic acids is 4. The third-order valence-electron chi connectivity index (χ3n) is 11.5. The molecule has 8 rings (SSSR count). The van der Waals surface area contributed by atoms with Gasteiger partial charge in [-0.05, 0) is 78.9 Å². The number of hydrogen-bond acceptors (Lipinski definition) is 9. The number of amides is 4. The summed E-state index contributed by atoms with van der Waals surface area (Å²) in [4.78, 5) is 75.0. The van der Waals surface area contributed by atoms with Crippen molar-refractivity contribution in [2.24, 2.45) is 23.7 Å². The summed E-state index contributed by atoms with van der Waals surface area (Å²) < 4.78 is 85.6. The highest BCUT2D eigenvalue weighted by Crippen LogP contribution is 2.65. The first-order chi connectivity index (χ1) is 28.2. The van der Waals surface area contributed by atoms with Gasteiger partial charge in [-0.1, -0.05) is 53.1 Å². The van der Waals surface area contributed by atoms with E-state index < -0.39 is 105 Å². The van der Waals surface area contributed by atoms with E-state index in [1.807, 2.05) is 0 Å². The second-order valence-electron chi connectivity index (χ2n) is 14.6. The van der Waals surface area contributed by atoms with E-state index in [1.165, 1.54) is 48.5 Å². The number of rotatable bonds is 7. The molecule has 2 aliphatic carbocycles. The number of aromatic nitrogens is 1. The van der Waals surface area contributed by atoms with Crippen molar-refractivity contribution in [3.8, 4) is 11.5 Å². The second kappa shape index (κ2) is 14.3. The van der Waals surface area contributed by atoms with Crippen molar-refractivity contribution in [3.63, 3.8) is 0 Å². The van der Waals surface area contributed by atoms with Crippen molar-refractivity contribution in [2.75, 3.05) is 10.3 Å². The Hall–Kier alpha value is -6.14. The molecule has 4 amide bonds. The number of hydrogen-bond donors (Lipinski definition) is 3. The minimum atomic E-state index is -5.22. The molecule has 0 bridgehead atoms. The van der Waals surface area contributed by atoms with E-state index in [-0.39, 0.29) is 45.8 Å². The van der Waals surface area contributed by atoms with Gasteiger partial charge in [-0.3, -0.25) is 29.5 Å². The van der Waals surface area contributed by atoms with Crippen LogP contribution in [-0.4, -0.2) is 56.2 Å². The number of nitrogens with zero attached hydrogens (tertiary/aromatic N) is 3. The summed E-state index contributed by atoms with van der Waals surface area (Å²) in [5.41, 5.74) is -1.38. The monoisotopic (exact) mass is 874 g/mol. The number of carboxylic acid groups (broad SMARTS) is 1. The average molecular weight is 876 g/mol. The largest absolute Gasteiger partial charge is 0.573 e. The van der Waals surface area contributed by atoms with Crippen LogP contribution in [0.15, 0.2) is 90.6 Å². The molecule has 4 aliphatic rings. The fourth-order valence-corrected chi connectivity index (χ4v) is 9.46. The van der Waals surface area contributed by atoms with E-state index in [1.54, 1.807) is 0 Å². The Labute approximate surface area is 343 Å². The number of allylic oxidation sites excluding steroid dienone is 2. The third-order valence-corrected chi connectivity index (χ3v) is 12.0. The summed E-state index contributed by atoms with van der Waals surface area (Å²) in [5, 5.41) is 21.1. The SMILES string of the molecule is O=C(O)c1cccc(N2C(=O)C3CC=C4C(CC5C(=O)N(Nc6ncc(C(F)(F)F)cc6Cl)C(=O)C5(c5ccc(Cl)cc5)C4c4cc(OC(F)(F)F)ccc4O)C3C2=O)c1. The number of ether oxygens (including phenoxy) is 1. The number of nitrogens with one attached hydrogen (secondary N) is 1. The summed E-state index contributed by atoms with van der Waals surface area (Å²) in [7, 11) is 0. The smallest absolute Gasteiger partial charge is 0.508 e. The van der Waals surface area contributed by atoms with Gasteiger partial charge in [-0.2, -0.15) is 18.2 Å². The van der Waals surface area contributed by atoms with E-state index >= 15 is 4.79 Å². The lowest BCUT2D eigenvalue weighted by Gasteiger charge is -2.50. The zero-order valence-corrected chi connectivity index (χ0v) is 31.6. The molecule has 2 aliphatic heterocycles. The van der Waals surface area contributed by atoms with E-state index in [9.17, 15) is 55.7 Å². The Kier molecular flexibility index (Phi) is 9.65. The molecule has 0 spiro atoms. The number of phenols is 1. The molecule has 2 saturated heterocycles. The van der Waals surface area contributed by atoms with Crippen LogP contribution in [0.25, 0.3) is 0 Å². The lowest BCUT2D eigenvalue weighted by Crippen LogP contribution is -2.53. The van der Waals surface area contributed by atoms with E-state index in [4.69, 9.17) is 23.2 Å². The molecule has 3 fully saturated rings. The summed E-state index contributed by atoms with van der Waals surface area (Å²) in [5.74, 6) is -13.6. The van der Waals surface area contributed by atoms with Crippen LogP contribution in [0.2, 0.25) is 10.0 Å². The van der Waals surface area contributed by atoms with Crippen LogP contribution < -0.4 is 15.1 Å². The number of aromatic hydroxyl groups is 1. The first-order valence-corrected chi connectivity index (χ1v) is 18.6. The first kappa shape index (κ1) is 40.6. The minimum Gasteiger partial charge on any atom is -0.508 e. The summed E-state index contributed by atoms with van der Waals surface area (Å²) >= 11 is 12.4. The maximum atomic E-state index is 15.3. The number of alkyl halides is 6. The van der Waals surface area contributed by atoms with Gasteiger partial charge in [-0.15, -0.1) is 13.2 Å². The van der Waals surface area contributed by atoms with Crippen molar-refractivity contribution < 1.29 is 65.3 Å². The van der Waals surface area contributed by atoms with Gasteiger partial charge >= 0.3 is 18.5 Å². The molecule has 0 radical (unpaired) electrons. The zero-order chi connectivity index (χ0) is 43.2. The molecule has 20 heteroatoms. The number of carboxylic acids is 1. The van der Waals surface area contributed by atoms with Gasteiger partial charge in [0.15, 0.2) is 5.82 Å². The van der Waals surface area contributed by atoms with Crippen LogP contribution in [0.4, 0.5) is 37.8 Å². The van der Waals surface area contributed by atoms with Gasteiger partial charge in [0.25, 0.3) is 11.8 Å². The molecule has 1 saturated carbocycles. The van der Waals surface area contributed by atoms with Crippen LogP contribution in [-0.2, 0) is 30.8 Å². The average Bonchev–Trinajstić information content (AvgIpc) is 3.56. The predicted molar refractivity (Wildman–Crippen MR) is 198 cm³/mol. The number of carbonyl (C=O) groups is 5. The molecule has 1 aromatic heterocycles. The van der Waals surface area contributed by atoms with Crippen LogP contribution in [0.1, 0.15) is 45.8 Å². The zero-order valence-electron chi connectivity index (χ0n) is 30.1. The molecular formula is C40H26Cl2F6N4O8. The molecule has 6 unspecified atom stereocenters. The maximum Gasteiger partial charge on any atom is 0.573 e. The topological polar surface area (TPSA) is 166 Å². The van der Waals surface area contributed by atoms with Crippen LogP contribution >= 0.6 is 23.2 Å². The Bertz CT molecular complexity index is 2550. The van der Waals surface area contributed by atoms with Gasteiger partial charge in [0.1, 0.15) is 11.5 Å². The number of anilines is 2. The van der Waals surface area contributed by atoms with Crippen molar-refractivity contribution >= 4 is 64.3 Å². The van der Waals surface area contributed by atoms with E-state index in [2.05, 4.69) is 15.1 Å². The van der Waals surface area contributed by atoms with Crippen molar-refractivity contribution in [1.82, 2.24) is 9.99 Å². The van der Waals surface area contributed by atoms with Crippen LogP contribution in [0.3, 0.4) is 0 Å². The number of fused-ring (bicyclic) bond motifs is 4. The number of halogens is 8. The number of pyridine rings is 1. The van der Waals surface area contributed by atoms with Crippen LogP contribution in [0, 0.1) is 23.7 Å². The highest BCUT2D eigenvalue weighted by molar-refractivity contribution is 6.33. The highest BCUT2D eigenvalue weighted by Gasteiger charge is 2.71. The predicted octanol–water partition coefficient (Wildman–Crippen LogP) is 7.90. The number of phenolic OH excluding ortho intramolecular Hbond substituents is 1. The normalized spacial score (nSPS) is 25.1. The minimum absolute atomic E-state index is 0.0539. The molecule has 6 atom stereocenters. The molecular weight excluding hydrogens is 849 g/mol. The number of hydrazine groups is 1. The summed E-state index contributed by atoms with van der Waals surface area (Å²) in [6, 6.07) is 13.7. The van der Waals surface area contributed by atoms with Crippen molar-refractivity contribution in [1.29, 1.82) is 0 Å². The molecule has 3 heterocycles. The van der Waals surface area contributed by atoms with E-state index in [0.717, 1.165) is 29.2 Å². The number of aromatic carboxylic acids is 1. The summed E-state index contributed by atoms with van der Waals surface area (Å²) in [6.07, 6.45) is -8.66. The lowest BCUT2D eigenvalue weighted by molar-refractivity contribution is -0.274. The van der Waals surface area contributed by atoms with Gasteiger partial charge in [-0.25, -0.2) is 9.78 Å².